The second kappa shape index (κ2) is 9.08. The summed E-state index contributed by atoms with van der Waals surface area (Å²) in [5.41, 5.74) is 3.80. The van der Waals surface area contributed by atoms with Gasteiger partial charge in [-0.15, -0.1) is 0 Å². The lowest BCUT2D eigenvalue weighted by Gasteiger charge is -2.24. The number of allylic oxidation sites excluding steroid dienone is 2. The van der Waals surface area contributed by atoms with Crippen molar-refractivity contribution in [1.82, 2.24) is 0 Å². The average molecular weight is 460 g/mol. The lowest BCUT2D eigenvalue weighted by molar-refractivity contribution is -0.114. The van der Waals surface area contributed by atoms with Gasteiger partial charge in [-0.05, 0) is 54.8 Å². The van der Waals surface area contributed by atoms with E-state index >= 15 is 0 Å². The molecule has 0 saturated carbocycles. The van der Waals surface area contributed by atoms with Crippen LogP contribution in [0.5, 0.6) is 5.75 Å². The first-order chi connectivity index (χ1) is 15.8. The molecule has 3 aromatic carbocycles. The number of benzene rings is 3. The molecule has 1 heterocycles. The highest BCUT2D eigenvalue weighted by Crippen LogP contribution is 2.43. The molecular formula is C27H25NO4S. The van der Waals surface area contributed by atoms with Gasteiger partial charge in [-0.2, -0.15) is 0 Å². The predicted octanol–water partition coefficient (Wildman–Crippen LogP) is 5.37. The van der Waals surface area contributed by atoms with Crippen LogP contribution in [0.4, 0.5) is 5.69 Å². The maximum Gasteiger partial charge on any atom is 0.271 e. The molecule has 168 valence electrons. The van der Waals surface area contributed by atoms with E-state index in [0.29, 0.717) is 17.0 Å². The minimum Gasteiger partial charge on any atom is -0.496 e. The number of hydrogen-bond donors (Lipinski definition) is 0. The minimum absolute atomic E-state index is 0.235. The molecule has 6 heteroatoms. The summed E-state index contributed by atoms with van der Waals surface area (Å²) in [7, 11) is -2.40. The second-order valence-corrected chi connectivity index (χ2v) is 9.94. The van der Waals surface area contributed by atoms with Crippen molar-refractivity contribution in [3.8, 4) is 5.75 Å². The number of sulfone groups is 1. The summed E-state index contributed by atoms with van der Waals surface area (Å²) in [6, 6.07) is 21.9. The third kappa shape index (κ3) is 4.34. The van der Waals surface area contributed by atoms with Gasteiger partial charge in [0.25, 0.3) is 5.91 Å². The molecule has 3 aromatic rings. The van der Waals surface area contributed by atoms with Crippen molar-refractivity contribution in [3.05, 3.63) is 112 Å². The topological polar surface area (TPSA) is 63.7 Å². The molecule has 1 unspecified atom stereocenters. The Morgan fingerprint density at radius 2 is 1.55 bits per heavy atom. The van der Waals surface area contributed by atoms with E-state index in [2.05, 4.69) is 0 Å². The zero-order chi connectivity index (χ0) is 23.6. The van der Waals surface area contributed by atoms with Gasteiger partial charge < -0.3 is 4.74 Å². The molecule has 0 N–H and O–H groups in total. The molecule has 1 amide bonds. The van der Waals surface area contributed by atoms with Crippen molar-refractivity contribution >= 4 is 27.5 Å². The first kappa shape index (κ1) is 22.6. The molecular weight excluding hydrogens is 434 g/mol. The van der Waals surface area contributed by atoms with Gasteiger partial charge in [-0.3, -0.25) is 9.69 Å². The maximum absolute atomic E-state index is 13.6. The van der Waals surface area contributed by atoms with E-state index in [4.69, 9.17) is 4.74 Å². The first-order valence-corrected chi connectivity index (χ1v) is 12.1. The van der Waals surface area contributed by atoms with Gasteiger partial charge in [0.2, 0.25) is 9.84 Å². The largest absolute Gasteiger partial charge is 0.496 e. The van der Waals surface area contributed by atoms with Crippen LogP contribution in [0.2, 0.25) is 0 Å². The van der Waals surface area contributed by atoms with Crippen LogP contribution in [0.3, 0.4) is 0 Å². The first-order valence-electron chi connectivity index (χ1n) is 10.5. The summed E-state index contributed by atoms with van der Waals surface area (Å²) >= 11 is 0. The quantitative estimate of drug-likeness (QED) is 0.481. The Balaban J connectivity index is 1.83. The number of carbonyl (C=O) groups is 1. The smallest absolute Gasteiger partial charge is 0.271 e. The van der Waals surface area contributed by atoms with Crippen LogP contribution < -0.4 is 9.64 Å². The molecule has 0 radical (unpaired) electrons. The molecule has 4 rings (SSSR count). The number of nitrogens with zero attached hydrogens (tertiary/aromatic N) is 1. The Kier molecular flexibility index (Phi) is 6.20. The number of para-hydroxylation sites is 1. The van der Waals surface area contributed by atoms with Gasteiger partial charge in [-0.25, -0.2) is 8.42 Å². The van der Waals surface area contributed by atoms with Crippen LogP contribution in [0, 0.1) is 13.8 Å². The Bertz CT molecular complexity index is 1340. The van der Waals surface area contributed by atoms with Crippen molar-refractivity contribution in [3.63, 3.8) is 0 Å². The third-order valence-electron chi connectivity index (χ3n) is 5.50. The molecule has 0 aromatic heterocycles. The molecule has 1 saturated heterocycles. The SMILES string of the molecule is COc1ccccc1C=CC=C1C(=O)N(c2cc(C)cc(C)c2)C(c2ccccc2)S1(=O)=O. The summed E-state index contributed by atoms with van der Waals surface area (Å²) in [5, 5.41) is -1.13. The monoisotopic (exact) mass is 459 g/mol. The van der Waals surface area contributed by atoms with Crippen LogP contribution in [-0.4, -0.2) is 21.4 Å². The highest BCUT2D eigenvalue weighted by Gasteiger charge is 2.50. The number of rotatable bonds is 5. The third-order valence-corrected chi connectivity index (χ3v) is 7.49. The Morgan fingerprint density at radius 3 is 2.21 bits per heavy atom. The zero-order valence-electron chi connectivity index (χ0n) is 18.7. The molecule has 0 spiro atoms. The average Bonchev–Trinajstić information content (AvgIpc) is 2.99. The van der Waals surface area contributed by atoms with E-state index in [9.17, 15) is 13.2 Å². The molecule has 0 bridgehead atoms. The van der Waals surface area contributed by atoms with Crippen molar-refractivity contribution in [2.45, 2.75) is 19.2 Å². The fourth-order valence-electron chi connectivity index (χ4n) is 4.10. The summed E-state index contributed by atoms with van der Waals surface area (Å²) in [5.74, 6) is 0.116. The fraction of sp³-hybridized carbons (Fsp3) is 0.148. The lowest BCUT2D eigenvalue weighted by atomic mass is 10.1. The van der Waals surface area contributed by atoms with Crippen LogP contribution >= 0.6 is 0 Å². The highest BCUT2D eigenvalue weighted by atomic mass is 32.2. The number of hydrogen-bond acceptors (Lipinski definition) is 4. The van der Waals surface area contributed by atoms with Gasteiger partial charge >= 0.3 is 0 Å². The van der Waals surface area contributed by atoms with E-state index in [1.54, 1.807) is 43.5 Å². The van der Waals surface area contributed by atoms with E-state index in [1.165, 1.54) is 11.0 Å². The summed E-state index contributed by atoms with van der Waals surface area (Å²) in [6.07, 6.45) is 4.68. The summed E-state index contributed by atoms with van der Waals surface area (Å²) < 4.78 is 32.6. The summed E-state index contributed by atoms with van der Waals surface area (Å²) in [6.45, 7) is 3.85. The molecule has 1 fully saturated rings. The molecule has 1 aliphatic heterocycles. The Hall–Kier alpha value is -3.64. The zero-order valence-corrected chi connectivity index (χ0v) is 19.5. The van der Waals surface area contributed by atoms with Gasteiger partial charge in [0.1, 0.15) is 10.7 Å². The fourth-order valence-corrected chi connectivity index (χ4v) is 5.96. The van der Waals surface area contributed by atoms with Gasteiger partial charge in [0, 0.05) is 11.3 Å². The van der Waals surface area contributed by atoms with Gasteiger partial charge in [0.15, 0.2) is 5.37 Å². The number of amides is 1. The normalized spacial score (nSPS) is 18.9. The maximum atomic E-state index is 13.6. The Labute approximate surface area is 194 Å². The van der Waals surface area contributed by atoms with Gasteiger partial charge in [0.05, 0.1) is 7.11 Å². The molecule has 1 atom stereocenters. The van der Waals surface area contributed by atoms with E-state index in [1.807, 2.05) is 62.4 Å². The van der Waals surface area contributed by atoms with E-state index < -0.39 is 21.1 Å². The van der Waals surface area contributed by atoms with Crippen LogP contribution in [0.25, 0.3) is 6.08 Å². The minimum atomic E-state index is -3.97. The number of methoxy groups -OCH3 is 1. The number of aryl methyl sites for hydroxylation is 2. The standard InChI is InChI=1S/C27H25NO4S/c1-19-16-20(2)18-23(17-19)28-26(29)25(15-9-13-21-10-7-8-14-24(21)32-3)33(30,31)27(28)22-11-5-4-6-12-22/h4-18,27H,1-3H3. The summed E-state index contributed by atoms with van der Waals surface area (Å²) in [4.78, 5) is 14.7. The van der Waals surface area contributed by atoms with Crippen molar-refractivity contribution < 1.29 is 17.9 Å². The van der Waals surface area contributed by atoms with Crippen LogP contribution in [0.15, 0.2) is 89.9 Å². The van der Waals surface area contributed by atoms with Crippen LogP contribution in [0.1, 0.15) is 27.6 Å². The van der Waals surface area contributed by atoms with Gasteiger partial charge in [-0.1, -0.05) is 66.7 Å². The van der Waals surface area contributed by atoms with Crippen molar-refractivity contribution in [2.24, 2.45) is 0 Å². The molecule has 0 aliphatic carbocycles. The molecule has 1 aliphatic rings. The van der Waals surface area contributed by atoms with Crippen molar-refractivity contribution in [1.29, 1.82) is 0 Å². The number of carbonyl (C=O) groups excluding carboxylic acids is 1. The predicted molar refractivity (Wildman–Crippen MR) is 132 cm³/mol. The van der Waals surface area contributed by atoms with Crippen LogP contribution in [-0.2, 0) is 14.6 Å². The van der Waals surface area contributed by atoms with E-state index in [0.717, 1.165) is 16.7 Å². The second-order valence-electron chi connectivity index (χ2n) is 7.96. The Morgan fingerprint density at radius 1 is 0.909 bits per heavy atom. The highest BCUT2D eigenvalue weighted by molar-refractivity contribution is 7.97. The van der Waals surface area contributed by atoms with Crippen molar-refractivity contribution in [2.75, 3.05) is 12.0 Å². The molecule has 5 nitrogen and oxygen atoms in total. The lowest BCUT2D eigenvalue weighted by Crippen LogP contribution is -2.29. The number of ether oxygens (including phenoxy) is 1. The number of anilines is 1. The van der Waals surface area contributed by atoms with E-state index in [-0.39, 0.29) is 4.91 Å². The molecule has 33 heavy (non-hydrogen) atoms.